The molecule has 0 fully saturated rings. The molecule has 0 amide bonds. The van der Waals surface area contributed by atoms with Gasteiger partial charge in [-0.15, -0.1) is 10.2 Å². The Bertz CT molecular complexity index is 863. The molecule has 1 aromatic carbocycles. The number of nitro benzene ring substituents is 1. The van der Waals surface area contributed by atoms with Crippen molar-refractivity contribution in [2.45, 2.75) is 6.61 Å². The number of hydrogen-bond acceptors (Lipinski definition) is 7. The molecule has 23 heavy (non-hydrogen) atoms. The molecule has 0 aliphatic rings. The summed E-state index contributed by atoms with van der Waals surface area (Å²) in [5.74, 6) is 0.782. The molecule has 10 heteroatoms. The van der Waals surface area contributed by atoms with Crippen molar-refractivity contribution in [2.75, 3.05) is 0 Å². The number of nitrogens with zero attached hydrogens (tertiary/aromatic N) is 3. The standard InChI is InChI=1S/C13H7BrClN3O5/c14-11-4-3-10(22-11)13-17-16-12(23-13)6-21-9-2-1-7(15)5-8(9)18(19)20/h1-5H,6H2. The summed E-state index contributed by atoms with van der Waals surface area (Å²) in [7, 11) is 0. The molecule has 0 aliphatic heterocycles. The lowest BCUT2D eigenvalue weighted by Crippen LogP contribution is -1.99. The van der Waals surface area contributed by atoms with Crippen molar-refractivity contribution in [1.29, 1.82) is 0 Å². The largest absolute Gasteiger partial charge is 0.477 e. The Morgan fingerprint density at radius 2 is 2.09 bits per heavy atom. The van der Waals surface area contributed by atoms with E-state index in [9.17, 15) is 10.1 Å². The van der Waals surface area contributed by atoms with Gasteiger partial charge < -0.3 is 13.6 Å². The van der Waals surface area contributed by atoms with E-state index in [1.165, 1.54) is 18.2 Å². The topological polar surface area (TPSA) is 104 Å². The lowest BCUT2D eigenvalue weighted by atomic mass is 10.3. The van der Waals surface area contributed by atoms with Gasteiger partial charge in [0.2, 0.25) is 0 Å². The molecule has 3 rings (SSSR count). The van der Waals surface area contributed by atoms with Crippen LogP contribution in [0.15, 0.2) is 43.8 Å². The fourth-order valence-corrected chi connectivity index (χ4v) is 2.21. The second kappa shape index (κ2) is 6.39. The second-order valence-electron chi connectivity index (χ2n) is 4.26. The Hall–Kier alpha value is -2.39. The first-order chi connectivity index (χ1) is 11.0. The van der Waals surface area contributed by atoms with Crippen LogP contribution in [0.5, 0.6) is 5.75 Å². The van der Waals surface area contributed by atoms with E-state index in [4.69, 9.17) is 25.2 Å². The van der Waals surface area contributed by atoms with Crippen LogP contribution in [0.3, 0.4) is 0 Å². The van der Waals surface area contributed by atoms with Gasteiger partial charge in [0, 0.05) is 11.1 Å². The highest BCUT2D eigenvalue weighted by atomic mass is 79.9. The Balaban J connectivity index is 1.74. The highest BCUT2D eigenvalue weighted by Gasteiger charge is 2.18. The molecule has 8 nitrogen and oxygen atoms in total. The number of rotatable bonds is 5. The van der Waals surface area contributed by atoms with E-state index in [2.05, 4.69) is 26.1 Å². The molecule has 2 heterocycles. The molecular formula is C13H7BrClN3O5. The van der Waals surface area contributed by atoms with E-state index in [1.807, 2.05) is 0 Å². The van der Waals surface area contributed by atoms with Crippen molar-refractivity contribution in [3.63, 3.8) is 0 Å². The molecule has 2 aromatic heterocycles. The Morgan fingerprint density at radius 1 is 1.26 bits per heavy atom. The molecule has 0 aliphatic carbocycles. The van der Waals surface area contributed by atoms with Crippen LogP contribution in [0, 0.1) is 10.1 Å². The van der Waals surface area contributed by atoms with Gasteiger partial charge in [-0.2, -0.15) is 0 Å². The average Bonchev–Trinajstić information content (AvgIpc) is 3.14. The predicted molar refractivity (Wildman–Crippen MR) is 82.1 cm³/mol. The highest BCUT2D eigenvalue weighted by molar-refractivity contribution is 9.10. The summed E-state index contributed by atoms with van der Waals surface area (Å²) < 4.78 is 16.5. The predicted octanol–water partition coefficient (Wildman–Crippen LogP) is 4.23. The summed E-state index contributed by atoms with van der Waals surface area (Å²) in [6, 6.07) is 7.44. The maximum atomic E-state index is 11.0. The van der Waals surface area contributed by atoms with Crippen LogP contribution >= 0.6 is 27.5 Å². The maximum absolute atomic E-state index is 11.0. The molecule has 0 saturated carbocycles. The minimum atomic E-state index is -0.583. The maximum Gasteiger partial charge on any atom is 0.312 e. The smallest absolute Gasteiger partial charge is 0.312 e. The first-order valence-electron chi connectivity index (χ1n) is 6.18. The SMILES string of the molecule is O=[N+]([O-])c1cc(Cl)ccc1OCc1nnc(-c2ccc(Br)o2)o1. The number of benzene rings is 1. The molecule has 0 N–H and O–H groups in total. The first kappa shape index (κ1) is 15.5. The number of furan rings is 1. The quantitative estimate of drug-likeness (QED) is 0.466. The third-order valence-electron chi connectivity index (χ3n) is 2.72. The molecule has 0 bridgehead atoms. The zero-order chi connectivity index (χ0) is 16.4. The molecule has 3 aromatic rings. The fraction of sp³-hybridized carbons (Fsp3) is 0.0769. The summed E-state index contributed by atoms with van der Waals surface area (Å²) in [6.45, 7) is -0.128. The van der Waals surface area contributed by atoms with E-state index in [1.54, 1.807) is 12.1 Å². The van der Waals surface area contributed by atoms with Crippen LogP contribution in [0.25, 0.3) is 11.7 Å². The van der Waals surface area contributed by atoms with E-state index < -0.39 is 4.92 Å². The molecule has 0 saturated heterocycles. The van der Waals surface area contributed by atoms with Crippen molar-refractivity contribution < 1.29 is 18.5 Å². The number of aromatic nitrogens is 2. The van der Waals surface area contributed by atoms with Gasteiger partial charge in [0.15, 0.2) is 22.8 Å². The van der Waals surface area contributed by atoms with E-state index in [-0.39, 0.29) is 34.8 Å². The van der Waals surface area contributed by atoms with Gasteiger partial charge in [-0.1, -0.05) is 11.6 Å². The van der Waals surface area contributed by atoms with E-state index >= 15 is 0 Å². The van der Waals surface area contributed by atoms with Gasteiger partial charge in [-0.05, 0) is 40.2 Å². The van der Waals surface area contributed by atoms with Crippen molar-refractivity contribution >= 4 is 33.2 Å². The lowest BCUT2D eigenvalue weighted by Gasteiger charge is -2.04. The third-order valence-corrected chi connectivity index (χ3v) is 3.38. The van der Waals surface area contributed by atoms with Crippen LogP contribution in [0.1, 0.15) is 5.89 Å². The first-order valence-corrected chi connectivity index (χ1v) is 7.35. The molecule has 0 spiro atoms. The molecular weight excluding hydrogens is 394 g/mol. The number of nitro groups is 1. The van der Waals surface area contributed by atoms with Crippen molar-refractivity contribution in [2.24, 2.45) is 0 Å². The zero-order valence-electron chi connectivity index (χ0n) is 11.2. The number of ether oxygens (including phenoxy) is 1. The Morgan fingerprint density at radius 3 is 2.78 bits per heavy atom. The van der Waals surface area contributed by atoms with Crippen LogP contribution in [-0.4, -0.2) is 15.1 Å². The normalized spacial score (nSPS) is 10.7. The summed E-state index contributed by atoms with van der Waals surface area (Å²) in [5, 5.41) is 18.8. The summed E-state index contributed by atoms with van der Waals surface area (Å²) >= 11 is 8.91. The van der Waals surface area contributed by atoms with Crippen LogP contribution in [0.2, 0.25) is 5.02 Å². The summed E-state index contributed by atoms with van der Waals surface area (Å²) in [5.41, 5.74) is -0.243. The van der Waals surface area contributed by atoms with Gasteiger partial charge in [0.1, 0.15) is 0 Å². The molecule has 0 radical (unpaired) electrons. The van der Waals surface area contributed by atoms with Gasteiger partial charge in [0.25, 0.3) is 11.8 Å². The second-order valence-corrected chi connectivity index (χ2v) is 5.48. The fourth-order valence-electron chi connectivity index (χ4n) is 1.74. The number of halogens is 2. The average molecular weight is 401 g/mol. The van der Waals surface area contributed by atoms with Gasteiger partial charge in [-0.25, -0.2) is 0 Å². The summed E-state index contributed by atoms with van der Waals surface area (Å²) in [4.78, 5) is 10.4. The van der Waals surface area contributed by atoms with Crippen molar-refractivity contribution in [3.8, 4) is 17.4 Å². The number of hydrogen-bond donors (Lipinski definition) is 0. The van der Waals surface area contributed by atoms with Crippen LogP contribution < -0.4 is 4.74 Å². The third kappa shape index (κ3) is 3.51. The monoisotopic (exact) mass is 399 g/mol. The lowest BCUT2D eigenvalue weighted by molar-refractivity contribution is -0.385. The van der Waals surface area contributed by atoms with Gasteiger partial charge in [-0.3, -0.25) is 10.1 Å². The zero-order valence-corrected chi connectivity index (χ0v) is 13.6. The van der Waals surface area contributed by atoms with Crippen molar-refractivity contribution in [1.82, 2.24) is 10.2 Å². The minimum Gasteiger partial charge on any atom is -0.477 e. The van der Waals surface area contributed by atoms with Gasteiger partial charge >= 0.3 is 5.69 Å². The van der Waals surface area contributed by atoms with Gasteiger partial charge in [0.05, 0.1) is 4.92 Å². The Kier molecular flexibility index (Phi) is 4.30. The minimum absolute atomic E-state index is 0.0555. The van der Waals surface area contributed by atoms with Crippen molar-refractivity contribution in [3.05, 3.63) is 56.0 Å². The highest BCUT2D eigenvalue weighted by Crippen LogP contribution is 2.30. The Labute approximate surface area is 142 Å². The molecule has 0 atom stereocenters. The van der Waals surface area contributed by atoms with E-state index in [0.717, 1.165) is 0 Å². The molecule has 0 unspecified atom stereocenters. The summed E-state index contributed by atoms with van der Waals surface area (Å²) in [6.07, 6.45) is 0. The van der Waals surface area contributed by atoms with E-state index in [0.29, 0.717) is 10.4 Å². The van der Waals surface area contributed by atoms with Crippen LogP contribution in [-0.2, 0) is 6.61 Å². The van der Waals surface area contributed by atoms with Crippen LogP contribution in [0.4, 0.5) is 5.69 Å². The molecule has 118 valence electrons.